The van der Waals surface area contributed by atoms with Gasteiger partial charge in [-0.05, 0) is 17.2 Å². The third-order valence-electron chi connectivity index (χ3n) is 3.40. The average molecular weight is 404 g/mol. The highest BCUT2D eigenvalue weighted by Gasteiger charge is 2.32. The fourth-order valence-electron chi connectivity index (χ4n) is 2.38. The summed E-state index contributed by atoms with van der Waals surface area (Å²) in [5.74, 6) is -7.04. The Morgan fingerprint density at radius 2 is 1.17 bits per heavy atom. The van der Waals surface area contributed by atoms with Crippen LogP contribution < -0.4 is 0 Å². The van der Waals surface area contributed by atoms with Crippen LogP contribution >= 0.6 is 0 Å². The van der Waals surface area contributed by atoms with Gasteiger partial charge in [0.1, 0.15) is 0 Å². The molecule has 0 saturated heterocycles. The molecule has 2 aromatic carbocycles. The van der Waals surface area contributed by atoms with E-state index < -0.39 is 46.1 Å². The molecule has 150 valence electrons. The van der Waals surface area contributed by atoms with Crippen molar-refractivity contribution in [1.82, 2.24) is 0 Å². The van der Waals surface area contributed by atoms with Crippen LogP contribution in [0.2, 0.25) is 0 Å². The summed E-state index contributed by atoms with van der Waals surface area (Å²) in [6.07, 6.45) is 0. The summed E-state index contributed by atoms with van der Waals surface area (Å²) in [6.45, 7) is 0.125. The van der Waals surface area contributed by atoms with Crippen molar-refractivity contribution < 1.29 is 53.9 Å². The normalized spacial score (nSPS) is 9.38. The first-order chi connectivity index (χ1) is 13.7. The third-order valence-corrected chi connectivity index (χ3v) is 3.40. The van der Waals surface area contributed by atoms with Gasteiger partial charge in [0.25, 0.3) is 0 Å². The fourth-order valence-corrected chi connectivity index (χ4v) is 2.38. The van der Waals surface area contributed by atoms with Crippen molar-refractivity contribution in [1.29, 1.82) is 0 Å². The molecule has 0 aliphatic rings. The number of carbonyl (C=O) groups is 6. The molecule has 11 nitrogen and oxygen atoms in total. The van der Waals surface area contributed by atoms with E-state index in [-0.39, 0.29) is 24.1 Å². The molecular formula is C18H12O11. The van der Waals surface area contributed by atoms with Crippen LogP contribution in [0.5, 0.6) is 0 Å². The zero-order chi connectivity index (χ0) is 22.1. The van der Waals surface area contributed by atoms with Gasteiger partial charge in [-0.2, -0.15) is 0 Å². The molecule has 0 radical (unpaired) electrons. The Bertz CT molecular complexity index is 971. The van der Waals surface area contributed by atoms with Crippen LogP contribution in [0.4, 0.5) is 0 Å². The molecule has 11 heteroatoms. The van der Waals surface area contributed by atoms with E-state index in [9.17, 15) is 39.6 Å². The highest BCUT2D eigenvalue weighted by molar-refractivity contribution is 6.16. The molecule has 0 aliphatic heterocycles. The van der Waals surface area contributed by atoms with Crippen molar-refractivity contribution in [3.63, 3.8) is 0 Å². The molecule has 0 amide bonds. The number of hydrogen-bond donors (Lipinski definition) is 4. The quantitative estimate of drug-likeness (QED) is 0.385. The Kier molecular flexibility index (Phi) is 7.73. The van der Waals surface area contributed by atoms with Crippen molar-refractivity contribution in [3.8, 4) is 11.1 Å². The Morgan fingerprint density at radius 1 is 0.690 bits per heavy atom. The molecule has 4 N–H and O–H groups in total. The predicted octanol–water partition coefficient (Wildman–Crippen LogP) is 1.46. The summed E-state index contributed by atoms with van der Waals surface area (Å²) in [6, 6.07) is 8.50. The van der Waals surface area contributed by atoms with E-state index in [1.807, 2.05) is 0 Å². The van der Waals surface area contributed by atoms with Crippen molar-refractivity contribution in [2.24, 2.45) is 0 Å². The summed E-state index contributed by atoms with van der Waals surface area (Å²) >= 11 is 0. The van der Waals surface area contributed by atoms with Gasteiger partial charge >= 0.3 is 36.8 Å². The third kappa shape index (κ3) is 5.23. The minimum Gasteiger partial charge on any atom is -0.478 e. The van der Waals surface area contributed by atoms with Crippen LogP contribution in [0.15, 0.2) is 36.4 Å². The van der Waals surface area contributed by atoms with Gasteiger partial charge in [0.2, 0.25) is 0 Å². The molecule has 0 bridgehead atoms. The summed E-state index contributed by atoms with van der Waals surface area (Å²) in [4.78, 5) is 63.7. The molecule has 2 rings (SSSR count). The Hall–Kier alpha value is -4.54. The van der Waals surface area contributed by atoms with E-state index >= 15 is 0 Å². The van der Waals surface area contributed by atoms with Crippen molar-refractivity contribution in [2.45, 2.75) is 0 Å². The zero-order valence-electron chi connectivity index (χ0n) is 14.3. The molecule has 0 fully saturated rings. The maximum atomic E-state index is 11.6. The Morgan fingerprint density at radius 3 is 1.52 bits per heavy atom. The lowest BCUT2D eigenvalue weighted by Crippen LogP contribution is -2.20. The highest BCUT2D eigenvalue weighted by Crippen LogP contribution is 2.32. The van der Waals surface area contributed by atoms with Crippen LogP contribution in [0, 0.1) is 0 Å². The molecule has 0 unspecified atom stereocenters. The summed E-state index contributed by atoms with van der Waals surface area (Å²) in [5, 5.41) is 37.1. The van der Waals surface area contributed by atoms with E-state index in [4.69, 9.17) is 9.59 Å². The van der Waals surface area contributed by atoms with Gasteiger partial charge in [-0.1, -0.05) is 30.3 Å². The first kappa shape index (κ1) is 22.5. The maximum absolute atomic E-state index is 11.6. The second-order valence-corrected chi connectivity index (χ2v) is 5.01. The van der Waals surface area contributed by atoms with Gasteiger partial charge in [0.15, 0.2) is 0 Å². The number of carboxylic acids is 4. The topological polar surface area (TPSA) is 193 Å². The molecule has 0 saturated carbocycles. The first-order valence-corrected chi connectivity index (χ1v) is 7.39. The van der Waals surface area contributed by atoms with Crippen LogP contribution in [0.3, 0.4) is 0 Å². The van der Waals surface area contributed by atoms with Crippen LogP contribution in [-0.2, 0) is 14.3 Å². The van der Waals surface area contributed by atoms with Gasteiger partial charge < -0.3 is 25.2 Å². The fraction of sp³-hybridized carbons (Fsp3) is 0. The highest BCUT2D eigenvalue weighted by atomic mass is 16.6. The molecule has 0 spiro atoms. The summed E-state index contributed by atoms with van der Waals surface area (Å²) in [7, 11) is 0. The lowest BCUT2D eigenvalue weighted by molar-refractivity contribution is -0.141. The number of ether oxygens (including phenoxy) is 1. The Labute approximate surface area is 161 Å². The van der Waals surface area contributed by atoms with Crippen LogP contribution in [0.1, 0.15) is 41.4 Å². The van der Waals surface area contributed by atoms with Crippen LogP contribution in [-0.4, -0.2) is 57.2 Å². The Balaban J connectivity index is 0.000000749. The van der Waals surface area contributed by atoms with E-state index in [1.54, 1.807) is 18.2 Å². The molecular weight excluding hydrogens is 392 g/mol. The molecule has 0 atom stereocenters. The number of benzene rings is 2. The molecule has 0 aromatic heterocycles. The summed E-state index contributed by atoms with van der Waals surface area (Å²) < 4.78 is 3.47. The number of carboxylic acid groups (broad SMARTS) is 4. The van der Waals surface area contributed by atoms with E-state index in [0.717, 1.165) is 6.07 Å². The number of aromatic carboxylic acids is 4. The second kappa shape index (κ2) is 9.97. The number of hydrogen-bond acceptors (Lipinski definition) is 7. The van der Waals surface area contributed by atoms with Gasteiger partial charge in [0, 0.05) is 0 Å². The standard InChI is InChI=1S/C16H10O8.C2H2O3/c17-13(18)9-6-8(7-4-2-1-3-5-7)10(14(19)20)12(16(23)24)11(9)15(21)22;3-1-5-2-4/h1-6H,(H,17,18)(H,19,20)(H,21,22)(H,23,24);1-2H. The first-order valence-electron chi connectivity index (χ1n) is 7.39. The maximum Gasteiger partial charge on any atom is 0.337 e. The smallest absolute Gasteiger partial charge is 0.337 e. The SMILES string of the molecule is O=C(O)c1cc(-c2ccccc2)c(C(=O)O)c(C(=O)O)c1C(=O)O.O=COC=O. The molecule has 29 heavy (non-hydrogen) atoms. The molecule has 0 aliphatic carbocycles. The minimum atomic E-state index is -1.84. The monoisotopic (exact) mass is 404 g/mol. The predicted molar refractivity (Wildman–Crippen MR) is 92.9 cm³/mol. The largest absolute Gasteiger partial charge is 0.478 e. The van der Waals surface area contributed by atoms with Crippen molar-refractivity contribution in [3.05, 3.63) is 58.7 Å². The van der Waals surface area contributed by atoms with E-state index in [2.05, 4.69) is 4.74 Å². The zero-order valence-corrected chi connectivity index (χ0v) is 14.3. The van der Waals surface area contributed by atoms with Gasteiger partial charge in [-0.15, -0.1) is 0 Å². The lowest BCUT2D eigenvalue weighted by Gasteiger charge is -2.14. The van der Waals surface area contributed by atoms with Crippen LogP contribution in [0.25, 0.3) is 11.1 Å². The molecule has 2 aromatic rings. The second-order valence-electron chi connectivity index (χ2n) is 5.01. The van der Waals surface area contributed by atoms with Gasteiger partial charge in [-0.25, -0.2) is 19.2 Å². The van der Waals surface area contributed by atoms with Gasteiger partial charge in [0.05, 0.1) is 22.3 Å². The van der Waals surface area contributed by atoms with Crippen molar-refractivity contribution in [2.75, 3.05) is 0 Å². The minimum absolute atomic E-state index is 0.0625. The van der Waals surface area contributed by atoms with Gasteiger partial charge in [-0.3, -0.25) is 9.59 Å². The van der Waals surface area contributed by atoms with E-state index in [1.165, 1.54) is 12.1 Å². The van der Waals surface area contributed by atoms with E-state index in [0.29, 0.717) is 0 Å². The van der Waals surface area contributed by atoms with Crippen molar-refractivity contribution >= 4 is 36.8 Å². The molecule has 0 heterocycles. The number of carbonyl (C=O) groups excluding carboxylic acids is 2. The lowest BCUT2D eigenvalue weighted by atomic mass is 9.88. The number of rotatable bonds is 7. The summed E-state index contributed by atoms with van der Waals surface area (Å²) in [5.41, 5.74) is -3.68. The average Bonchev–Trinajstić information content (AvgIpc) is 2.67.